The summed E-state index contributed by atoms with van der Waals surface area (Å²) in [5.74, 6) is -0.377. The van der Waals surface area contributed by atoms with Gasteiger partial charge in [0, 0.05) is 30.7 Å². The predicted octanol–water partition coefficient (Wildman–Crippen LogP) is 4.11. The molecule has 0 aliphatic rings. The van der Waals surface area contributed by atoms with Crippen LogP contribution in [0.2, 0.25) is 10.0 Å². The third-order valence-electron chi connectivity index (χ3n) is 3.80. The van der Waals surface area contributed by atoms with Gasteiger partial charge in [-0.05, 0) is 23.8 Å². The van der Waals surface area contributed by atoms with Gasteiger partial charge in [-0.3, -0.25) is 9.59 Å². The number of nitrogens with zero attached hydrogens (tertiary/aromatic N) is 1. The summed E-state index contributed by atoms with van der Waals surface area (Å²) < 4.78 is 0. The topological polar surface area (TPSA) is 53.2 Å². The molecule has 0 bridgehead atoms. The van der Waals surface area contributed by atoms with Gasteiger partial charge < -0.3 is 9.88 Å². The highest BCUT2D eigenvalue weighted by atomic mass is 35.5. The molecule has 0 saturated carbocycles. The number of para-hydroxylation sites is 1. The summed E-state index contributed by atoms with van der Waals surface area (Å²) in [5.41, 5.74) is 1.21. The molecule has 4 nitrogen and oxygen atoms in total. The van der Waals surface area contributed by atoms with E-state index in [1.54, 1.807) is 43.4 Å². The summed E-state index contributed by atoms with van der Waals surface area (Å²) >= 11 is 12.2. The lowest BCUT2D eigenvalue weighted by Crippen LogP contribution is -2.30. The van der Waals surface area contributed by atoms with E-state index in [4.69, 9.17) is 23.2 Å². The molecule has 0 fully saturated rings. The minimum absolute atomic E-state index is 0.0920. The standard InChI is InChI=1S/C18H14Cl2N2O2/c1-22(10-11-5-4-7-14(19)16(11)20)18(24)13-9-21-15-8-3-2-6-12(15)17(13)23/h2-9H,10H2,1H3,(H,21,23). The van der Waals surface area contributed by atoms with E-state index in [9.17, 15) is 9.59 Å². The van der Waals surface area contributed by atoms with Crippen LogP contribution in [0.5, 0.6) is 0 Å². The minimum Gasteiger partial charge on any atom is -0.360 e. The van der Waals surface area contributed by atoms with Gasteiger partial charge in [0.2, 0.25) is 5.43 Å². The van der Waals surface area contributed by atoms with Gasteiger partial charge in [-0.1, -0.05) is 47.5 Å². The van der Waals surface area contributed by atoms with Gasteiger partial charge in [0.25, 0.3) is 5.91 Å². The average Bonchev–Trinajstić information content (AvgIpc) is 2.59. The molecule has 1 amide bonds. The van der Waals surface area contributed by atoms with E-state index in [1.807, 2.05) is 6.07 Å². The van der Waals surface area contributed by atoms with Gasteiger partial charge in [-0.2, -0.15) is 0 Å². The van der Waals surface area contributed by atoms with E-state index < -0.39 is 0 Å². The zero-order valence-corrected chi connectivity index (χ0v) is 14.4. The summed E-state index contributed by atoms with van der Waals surface area (Å²) in [4.78, 5) is 29.6. The number of benzene rings is 2. The number of hydrogen-bond acceptors (Lipinski definition) is 2. The van der Waals surface area contributed by atoms with E-state index >= 15 is 0 Å². The first-order chi connectivity index (χ1) is 11.5. The van der Waals surface area contributed by atoms with Crippen molar-refractivity contribution in [2.24, 2.45) is 0 Å². The van der Waals surface area contributed by atoms with Crippen molar-refractivity contribution in [3.8, 4) is 0 Å². The Bertz CT molecular complexity index is 982. The van der Waals surface area contributed by atoms with E-state index in [1.165, 1.54) is 11.1 Å². The molecule has 0 aliphatic heterocycles. The number of H-pyrrole nitrogens is 1. The van der Waals surface area contributed by atoms with Crippen molar-refractivity contribution in [2.75, 3.05) is 7.05 Å². The SMILES string of the molecule is CN(Cc1cccc(Cl)c1Cl)C(=O)c1c[nH]c2ccccc2c1=O. The number of nitrogens with one attached hydrogen (secondary N) is 1. The lowest BCUT2D eigenvalue weighted by molar-refractivity contribution is 0.0783. The number of aromatic nitrogens is 1. The van der Waals surface area contributed by atoms with Crippen molar-refractivity contribution in [3.63, 3.8) is 0 Å². The zero-order valence-electron chi connectivity index (χ0n) is 12.8. The molecular weight excluding hydrogens is 347 g/mol. The Morgan fingerprint density at radius 2 is 1.88 bits per heavy atom. The highest BCUT2D eigenvalue weighted by molar-refractivity contribution is 6.42. The maximum Gasteiger partial charge on any atom is 0.259 e. The molecule has 3 rings (SSSR count). The second-order valence-electron chi connectivity index (χ2n) is 5.45. The van der Waals surface area contributed by atoms with Crippen molar-refractivity contribution < 1.29 is 4.79 Å². The Morgan fingerprint density at radius 1 is 1.12 bits per heavy atom. The number of amides is 1. The molecule has 0 radical (unpaired) electrons. The highest BCUT2D eigenvalue weighted by Crippen LogP contribution is 2.26. The normalized spacial score (nSPS) is 10.8. The quantitative estimate of drug-likeness (QED) is 0.763. The van der Waals surface area contributed by atoms with E-state index in [0.29, 0.717) is 20.9 Å². The van der Waals surface area contributed by atoms with Crippen LogP contribution in [0.3, 0.4) is 0 Å². The Balaban J connectivity index is 1.93. The number of aromatic amines is 1. The van der Waals surface area contributed by atoms with Gasteiger partial charge in [-0.25, -0.2) is 0 Å². The molecule has 0 spiro atoms. The van der Waals surface area contributed by atoms with Crippen LogP contribution >= 0.6 is 23.2 Å². The fourth-order valence-electron chi connectivity index (χ4n) is 2.53. The van der Waals surface area contributed by atoms with Crippen LogP contribution in [0.15, 0.2) is 53.5 Å². The van der Waals surface area contributed by atoms with Crippen LogP contribution in [0.25, 0.3) is 10.9 Å². The fourth-order valence-corrected chi connectivity index (χ4v) is 2.91. The second-order valence-corrected chi connectivity index (χ2v) is 6.24. The van der Waals surface area contributed by atoms with Crippen molar-refractivity contribution in [2.45, 2.75) is 6.54 Å². The van der Waals surface area contributed by atoms with Gasteiger partial charge in [0.05, 0.1) is 10.0 Å². The molecule has 0 atom stereocenters. The molecule has 24 heavy (non-hydrogen) atoms. The van der Waals surface area contributed by atoms with Crippen LogP contribution in [0.1, 0.15) is 15.9 Å². The summed E-state index contributed by atoms with van der Waals surface area (Å²) in [7, 11) is 1.62. The van der Waals surface area contributed by atoms with Crippen LogP contribution in [-0.2, 0) is 6.54 Å². The first kappa shape index (κ1) is 16.6. The maximum absolute atomic E-state index is 12.6. The van der Waals surface area contributed by atoms with Gasteiger partial charge in [0.15, 0.2) is 0 Å². The number of fused-ring (bicyclic) bond motifs is 1. The van der Waals surface area contributed by atoms with Crippen LogP contribution in [-0.4, -0.2) is 22.8 Å². The molecule has 1 heterocycles. The maximum atomic E-state index is 12.6. The van der Waals surface area contributed by atoms with E-state index in [-0.39, 0.29) is 23.4 Å². The Labute approximate surface area is 148 Å². The third-order valence-corrected chi connectivity index (χ3v) is 4.66. The van der Waals surface area contributed by atoms with Crippen LogP contribution < -0.4 is 5.43 Å². The van der Waals surface area contributed by atoms with E-state index in [2.05, 4.69) is 4.98 Å². The number of hydrogen-bond donors (Lipinski definition) is 1. The fraction of sp³-hybridized carbons (Fsp3) is 0.111. The number of carbonyl (C=O) groups is 1. The Hall–Kier alpha value is -2.30. The summed E-state index contributed by atoms with van der Waals surface area (Å²) in [6, 6.07) is 12.3. The average molecular weight is 361 g/mol. The molecule has 122 valence electrons. The smallest absolute Gasteiger partial charge is 0.259 e. The summed E-state index contributed by atoms with van der Waals surface area (Å²) in [6.07, 6.45) is 1.45. The monoisotopic (exact) mass is 360 g/mol. The van der Waals surface area contributed by atoms with Gasteiger partial charge >= 0.3 is 0 Å². The molecule has 0 aliphatic carbocycles. The lowest BCUT2D eigenvalue weighted by atomic mass is 10.1. The molecule has 0 saturated heterocycles. The van der Waals surface area contributed by atoms with Gasteiger partial charge in [0.1, 0.15) is 5.56 Å². The molecule has 6 heteroatoms. The molecule has 0 unspecified atom stereocenters. The Morgan fingerprint density at radius 3 is 2.67 bits per heavy atom. The summed E-state index contributed by atoms with van der Waals surface area (Å²) in [5, 5.41) is 1.32. The first-order valence-corrected chi connectivity index (χ1v) is 8.03. The predicted molar refractivity (Wildman–Crippen MR) is 96.8 cm³/mol. The molecule has 1 aromatic heterocycles. The molecule has 3 aromatic rings. The van der Waals surface area contributed by atoms with Crippen molar-refractivity contribution >= 4 is 40.0 Å². The number of halogens is 2. The molecular formula is C18H14Cl2N2O2. The molecule has 2 aromatic carbocycles. The van der Waals surface area contributed by atoms with Crippen LogP contribution in [0, 0.1) is 0 Å². The van der Waals surface area contributed by atoms with E-state index in [0.717, 1.165) is 5.56 Å². The van der Waals surface area contributed by atoms with Crippen LogP contribution in [0.4, 0.5) is 0 Å². The van der Waals surface area contributed by atoms with Crippen molar-refractivity contribution in [3.05, 3.63) is 80.1 Å². The summed E-state index contributed by atoms with van der Waals surface area (Å²) in [6.45, 7) is 0.254. The first-order valence-electron chi connectivity index (χ1n) is 7.28. The second kappa shape index (κ2) is 6.67. The zero-order chi connectivity index (χ0) is 17.3. The number of pyridine rings is 1. The number of carbonyl (C=O) groups excluding carboxylic acids is 1. The lowest BCUT2D eigenvalue weighted by Gasteiger charge is -2.18. The van der Waals surface area contributed by atoms with Crippen molar-refractivity contribution in [1.82, 2.24) is 9.88 Å². The highest BCUT2D eigenvalue weighted by Gasteiger charge is 2.18. The van der Waals surface area contributed by atoms with Gasteiger partial charge in [-0.15, -0.1) is 0 Å². The molecule has 1 N–H and O–H groups in total. The number of rotatable bonds is 3. The third kappa shape index (κ3) is 3.03. The van der Waals surface area contributed by atoms with Crippen molar-refractivity contribution in [1.29, 1.82) is 0 Å². The largest absolute Gasteiger partial charge is 0.360 e. The Kier molecular flexibility index (Phi) is 4.60. The minimum atomic E-state index is -0.377.